The molecule has 0 spiro atoms. The van der Waals surface area contributed by atoms with Gasteiger partial charge in [0.1, 0.15) is 0 Å². The molecular weight excluding hydrogens is 260 g/mol. The summed E-state index contributed by atoms with van der Waals surface area (Å²) in [4.78, 5) is 32.4. The van der Waals surface area contributed by atoms with Gasteiger partial charge in [0.25, 0.3) is 5.91 Å². The number of nitrogens with zero attached hydrogens (tertiary/aromatic N) is 2. The number of urea groups is 1. The van der Waals surface area contributed by atoms with Crippen LogP contribution in [-0.4, -0.2) is 30.9 Å². The molecule has 0 saturated heterocycles. The number of carbonyl (C=O) groups excluding carboxylic acids is 2. The third-order valence-electron chi connectivity index (χ3n) is 3.49. The SMILES string of the molecule is CON1C2=NC(=O)NC(=O)C2Nc2cc(C)c(C)cc21. The van der Waals surface area contributed by atoms with Crippen molar-refractivity contribution in [1.29, 1.82) is 0 Å². The molecule has 3 rings (SSSR count). The summed E-state index contributed by atoms with van der Waals surface area (Å²) in [6.45, 7) is 3.97. The second-order valence-electron chi connectivity index (χ2n) is 4.77. The second-order valence-corrected chi connectivity index (χ2v) is 4.77. The van der Waals surface area contributed by atoms with E-state index in [-0.39, 0.29) is 5.84 Å². The lowest BCUT2D eigenvalue weighted by molar-refractivity contribution is -0.119. The first-order valence-corrected chi connectivity index (χ1v) is 6.16. The molecule has 0 aliphatic carbocycles. The van der Waals surface area contributed by atoms with Crippen molar-refractivity contribution < 1.29 is 14.4 Å². The van der Waals surface area contributed by atoms with Crippen molar-refractivity contribution in [3.05, 3.63) is 23.3 Å². The van der Waals surface area contributed by atoms with E-state index < -0.39 is 18.0 Å². The Kier molecular flexibility index (Phi) is 2.72. The molecule has 3 amide bonds. The van der Waals surface area contributed by atoms with Crippen LogP contribution in [0.4, 0.5) is 16.2 Å². The molecule has 0 saturated carbocycles. The molecule has 0 bridgehead atoms. The van der Waals surface area contributed by atoms with Crippen LogP contribution in [0.5, 0.6) is 0 Å². The normalized spacial score (nSPS) is 20.6. The van der Waals surface area contributed by atoms with Gasteiger partial charge in [0.15, 0.2) is 11.9 Å². The molecule has 2 aliphatic rings. The highest BCUT2D eigenvalue weighted by Crippen LogP contribution is 2.35. The Balaban J connectivity index is 2.18. The lowest BCUT2D eigenvalue weighted by Crippen LogP contribution is -2.58. The van der Waals surface area contributed by atoms with Crippen LogP contribution in [0, 0.1) is 13.8 Å². The van der Waals surface area contributed by atoms with Crippen molar-refractivity contribution in [2.75, 3.05) is 17.5 Å². The number of nitrogens with one attached hydrogen (secondary N) is 2. The topological polar surface area (TPSA) is 83.0 Å². The summed E-state index contributed by atoms with van der Waals surface area (Å²) in [6.07, 6.45) is 0. The van der Waals surface area contributed by atoms with Gasteiger partial charge in [0, 0.05) is 0 Å². The van der Waals surface area contributed by atoms with Gasteiger partial charge in [-0.25, -0.2) is 9.86 Å². The highest BCUT2D eigenvalue weighted by Gasteiger charge is 2.40. The molecule has 1 aromatic rings. The number of hydrogen-bond acceptors (Lipinski definition) is 5. The van der Waals surface area contributed by atoms with Crippen molar-refractivity contribution in [3.63, 3.8) is 0 Å². The van der Waals surface area contributed by atoms with Crippen LogP contribution in [0.15, 0.2) is 17.1 Å². The predicted octanol–water partition coefficient (Wildman–Crippen LogP) is 1.11. The summed E-state index contributed by atoms with van der Waals surface area (Å²) in [5.74, 6) is -0.192. The van der Waals surface area contributed by atoms with Gasteiger partial charge in [-0.1, -0.05) is 0 Å². The van der Waals surface area contributed by atoms with E-state index in [1.165, 1.54) is 12.2 Å². The zero-order chi connectivity index (χ0) is 14.4. The van der Waals surface area contributed by atoms with Gasteiger partial charge in [-0.2, -0.15) is 4.99 Å². The molecule has 1 aromatic carbocycles. The molecule has 104 valence electrons. The molecule has 20 heavy (non-hydrogen) atoms. The van der Waals surface area contributed by atoms with Crippen LogP contribution in [-0.2, 0) is 9.63 Å². The fraction of sp³-hybridized carbons (Fsp3) is 0.308. The summed E-state index contributed by atoms with van der Waals surface area (Å²) in [6, 6.07) is 2.45. The van der Waals surface area contributed by atoms with Gasteiger partial charge in [0.2, 0.25) is 0 Å². The highest BCUT2D eigenvalue weighted by molar-refractivity contribution is 6.26. The van der Waals surface area contributed by atoms with E-state index in [2.05, 4.69) is 15.6 Å². The fourth-order valence-corrected chi connectivity index (χ4v) is 2.34. The summed E-state index contributed by atoms with van der Waals surface area (Å²) in [5, 5.41) is 6.67. The molecule has 1 atom stereocenters. The molecule has 2 heterocycles. The van der Waals surface area contributed by atoms with Crippen molar-refractivity contribution in [3.8, 4) is 0 Å². The number of anilines is 2. The van der Waals surface area contributed by atoms with E-state index in [1.807, 2.05) is 26.0 Å². The largest absolute Gasteiger partial charge is 0.366 e. The number of aryl methyl sites for hydroxylation is 2. The third kappa shape index (κ3) is 1.75. The van der Waals surface area contributed by atoms with Gasteiger partial charge in [0.05, 0.1) is 18.5 Å². The first kappa shape index (κ1) is 12.6. The Hall–Kier alpha value is -2.41. The summed E-state index contributed by atoms with van der Waals surface area (Å²) >= 11 is 0. The predicted molar refractivity (Wildman–Crippen MR) is 73.8 cm³/mol. The van der Waals surface area contributed by atoms with Crippen LogP contribution in [0.2, 0.25) is 0 Å². The maximum absolute atomic E-state index is 11.9. The summed E-state index contributed by atoms with van der Waals surface area (Å²) in [7, 11) is 1.47. The zero-order valence-electron chi connectivity index (χ0n) is 11.4. The first-order chi connectivity index (χ1) is 9.51. The fourth-order valence-electron chi connectivity index (χ4n) is 2.34. The van der Waals surface area contributed by atoms with Gasteiger partial charge < -0.3 is 5.32 Å². The molecule has 0 fully saturated rings. The Morgan fingerprint density at radius 3 is 2.65 bits per heavy atom. The number of carbonyl (C=O) groups is 2. The molecule has 0 aromatic heterocycles. The van der Waals surface area contributed by atoms with Crippen LogP contribution in [0.3, 0.4) is 0 Å². The van der Waals surface area contributed by atoms with E-state index in [0.717, 1.165) is 22.5 Å². The number of rotatable bonds is 1. The molecule has 7 nitrogen and oxygen atoms in total. The van der Waals surface area contributed by atoms with Gasteiger partial charge in [-0.15, -0.1) is 0 Å². The van der Waals surface area contributed by atoms with Crippen LogP contribution < -0.4 is 15.7 Å². The Labute approximate surface area is 115 Å². The van der Waals surface area contributed by atoms with Gasteiger partial charge in [-0.3, -0.25) is 14.9 Å². The van der Waals surface area contributed by atoms with Crippen molar-refractivity contribution >= 4 is 29.1 Å². The minimum absolute atomic E-state index is 0.247. The van der Waals surface area contributed by atoms with Crippen molar-refractivity contribution in [2.45, 2.75) is 19.9 Å². The average molecular weight is 274 g/mol. The molecule has 1 unspecified atom stereocenters. The van der Waals surface area contributed by atoms with Crippen LogP contribution in [0.25, 0.3) is 0 Å². The number of benzene rings is 1. The van der Waals surface area contributed by atoms with E-state index in [1.54, 1.807) is 0 Å². The number of hydroxylamine groups is 1. The molecule has 2 N–H and O–H groups in total. The van der Waals surface area contributed by atoms with E-state index >= 15 is 0 Å². The summed E-state index contributed by atoms with van der Waals surface area (Å²) < 4.78 is 0. The number of aliphatic imine (C=N–C) groups is 1. The standard InChI is InChI=1S/C13H14N4O3/c1-6-4-8-9(5-7(6)2)17(20-3)11-10(14-8)12(18)16-13(19)15-11/h4-5,10,14H,1-3H3,(H,16,18,19). The lowest BCUT2D eigenvalue weighted by Gasteiger charge is -2.37. The van der Waals surface area contributed by atoms with Crippen LogP contribution in [0.1, 0.15) is 11.1 Å². The Bertz CT molecular complexity index is 653. The number of amidine groups is 1. The smallest absolute Gasteiger partial charge is 0.349 e. The number of fused-ring (bicyclic) bond motifs is 2. The quantitative estimate of drug-likeness (QED) is 0.801. The van der Waals surface area contributed by atoms with Crippen molar-refractivity contribution in [2.24, 2.45) is 4.99 Å². The molecule has 0 radical (unpaired) electrons. The average Bonchev–Trinajstić information content (AvgIpc) is 2.39. The number of imide groups is 1. The molecule has 7 heteroatoms. The molecular formula is C13H14N4O3. The number of hydrogen-bond donors (Lipinski definition) is 2. The van der Waals surface area contributed by atoms with E-state index in [0.29, 0.717) is 0 Å². The maximum Gasteiger partial charge on any atom is 0.349 e. The lowest BCUT2D eigenvalue weighted by atomic mass is 10.0. The third-order valence-corrected chi connectivity index (χ3v) is 3.49. The minimum atomic E-state index is -0.734. The van der Waals surface area contributed by atoms with E-state index in [9.17, 15) is 9.59 Å². The Morgan fingerprint density at radius 2 is 1.95 bits per heavy atom. The van der Waals surface area contributed by atoms with Gasteiger partial charge >= 0.3 is 6.03 Å². The van der Waals surface area contributed by atoms with Crippen LogP contribution >= 0.6 is 0 Å². The second kappa shape index (κ2) is 4.31. The monoisotopic (exact) mass is 274 g/mol. The maximum atomic E-state index is 11.9. The highest BCUT2D eigenvalue weighted by atomic mass is 16.7. The molecule has 2 aliphatic heterocycles. The minimum Gasteiger partial charge on any atom is -0.366 e. The van der Waals surface area contributed by atoms with Gasteiger partial charge in [-0.05, 0) is 37.1 Å². The zero-order valence-corrected chi connectivity index (χ0v) is 11.4. The first-order valence-electron chi connectivity index (χ1n) is 6.16. The van der Waals surface area contributed by atoms with Crippen molar-refractivity contribution in [1.82, 2.24) is 5.32 Å². The van der Waals surface area contributed by atoms with E-state index in [4.69, 9.17) is 4.84 Å². The Morgan fingerprint density at radius 1 is 1.25 bits per heavy atom. The summed E-state index contributed by atoms with van der Waals surface area (Å²) in [5.41, 5.74) is 3.68. The number of amides is 3.